The van der Waals surface area contributed by atoms with Gasteiger partial charge >= 0.3 is 12.0 Å². The average Bonchev–Trinajstić information content (AvgIpc) is 3.12. The van der Waals surface area contributed by atoms with E-state index in [9.17, 15) is 22.8 Å². The molecule has 2 saturated heterocycles. The van der Waals surface area contributed by atoms with Gasteiger partial charge in [-0.25, -0.2) is 13.2 Å². The molecule has 2 aliphatic rings. The van der Waals surface area contributed by atoms with E-state index in [2.05, 4.69) is 5.32 Å². The van der Waals surface area contributed by atoms with E-state index in [0.717, 1.165) is 10.5 Å². The van der Waals surface area contributed by atoms with Crippen molar-refractivity contribution in [3.8, 4) is 0 Å². The summed E-state index contributed by atoms with van der Waals surface area (Å²) in [5, 5.41) is 2.53. The number of hydrogen-bond acceptors (Lipinski definition) is 6. The summed E-state index contributed by atoms with van der Waals surface area (Å²) in [4.78, 5) is 37.8. The molecule has 9 nitrogen and oxygen atoms in total. The monoisotopic (exact) mass is 451 g/mol. The lowest BCUT2D eigenvalue weighted by Gasteiger charge is -2.31. The Balaban J connectivity index is 1.61. The summed E-state index contributed by atoms with van der Waals surface area (Å²) >= 11 is 0. The molecule has 0 radical (unpaired) electrons. The van der Waals surface area contributed by atoms with E-state index in [1.54, 1.807) is 13.8 Å². The van der Waals surface area contributed by atoms with Crippen LogP contribution < -0.4 is 5.32 Å². The van der Waals surface area contributed by atoms with E-state index >= 15 is 0 Å². The van der Waals surface area contributed by atoms with Crippen LogP contribution >= 0.6 is 0 Å². The molecule has 0 aromatic heterocycles. The summed E-state index contributed by atoms with van der Waals surface area (Å²) in [5.41, 5.74) is 2.42. The second kappa shape index (κ2) is 8.96. The Kier molecular flexibility index (Phi) is 6.70. The molecule has 3 rings (SSSR count). The van der Waals surface area contributed by atoms with Crippen LogP contribution in [0.5, 0.6) is 0 Å². The molecule has 2 fully saturated rings. The average molecular weight is 452 g/mol. The van der Waals surface area contributed by atoms with E-state index in [1.807, 2.05) is 19.1 Å². The van der Waals surface area contributed by atoms with Crippen molar-refractivity contribution in [1.29, 1.82) is 0 Å². The zero-order valence-electron chi connectivity index (χ0n) is 18.3. The van der Waals surface area contributed by atoms with Crippen molar-refractivity contribution in [2.75, 3.05) is 26.2 Å². The third kappa shape index (κ3) is 4.74. The Bertz CT molecular complexity index is 975. The number of benzene rings is 1. The molecule has 1 N–H and O–H groups in total. The molecule has 31 heavy (non-hydrogen) atoms. The maximum atomic E-state index is 13.2. The predicted octanol–water partition coefficient (Wildman–Crippen LogP) is 1.50. The fraction of sp³-hybridized carbons (Fsp3) is 0.571. The summed E-state index contributed by atoms with van der Waals surface area (Å²) in [5.74, 6) is -1.59. The predicted molar refractivity (Wildman–Crippen MR) is 113 cm³/mol. The summed E-state index contributed by atoms with van der Waals surface area (Å²) in [6.45, 7) is 7.96. The Labute approximate surface area is 182 Å². The van der Waals surface area contributed by atoms with Crippen LogP contribution in [-0.4, -0.2) is 67.8 Å². The van der Waals surface area contributed by atoms with Crippen LogP contribution in [0.1, 0.15) is 36.5 Å². The highest BCUT2D eigenvalue weighted by atomic mass is 32.2. The molecular formula is C21H29N3O6S. The van der Waals surface area contributed by atoms with Crippen molar-refractivity contribution in [3.05, 3.63) is 28.8 Å². The number of urea groups is 1. The highest BCUT2D eigenvalue weighted by Gasteiger charge is 2.36. The van der Waals surface area contributed by atoms with Crippen molar-refractivity contribution >= 4 is 27.9 Å². The van der Waals surface area contributed by atoms with Crippen LogP contribution in [0.15, 0.2) is 17.0 Å². The Morgan fingerprint density at radius 3 is 2.19 bits per heavy atom. The van der Waals surface area contributed by atoms with Crippen LogP contribution in [0.3, 0.4) is 0 Å². The Morgan fingerprint density at radius 2 is 1.68 bits per heavy atom. The minimum atomic E-state index is -3.67. The quantitative estimate of drug-likeness (QED) is 0.679. The molecule has 10 heteroatoms. The van der Waals surface area contributed by atoms with Crippen molar-refractivity contribution < 1.29 is 27.5 Å². The van der Waals surface area contributed by atoms with E-state index in [4.69, 9.17) is 4.74 Å². The van der Waals surface area contributed by atoms with Gasteiger partial charge in [-0.1, -0.05) is 17.7 Å². The first-order valence-electron chi connectivity index (χ1n) is 10.4. The first-order valence-corrected chi connectivity index (χ1v) is 11.8. The highest BCUT2D eigenvalue weighted by molar-refractivity contribution is 7.89. The number of amides is 3. The molecule has 0 bridgehead atoms. The van der Waals surface area contributed by atoms with E-state index in [-0.39, 0.29) is 19.6 Å². The SMILES string of the molecule is Cc1cc(C)c(S(=O)(=O)N2CCC(C(=O)OC(C)C(=O)N3CCNC3=O)CC2)c(C)c1. The lowest BCUT2D eigenvalue weighted by Crippen LogP contribution is -2.44. The number of carbonyl (C=O) groups is 3. The number of carbonyl (C=O) groups excluding carboxylic acids is 3. The normalized spacial score (nSPS) is 19.2. The van der Waals surface area contributed by atoms with Gasteiger partial charge in [0.15, 0.2) is 6.10 Å². The zero-order chi connectivity index (χ0) is 22.9. The van der Waals surface area contributed by atoms with Crippen LogP contribution in [0.2, 0.25) is 0 Å². The smallest absolute Gasteiger partial charge is 0.324 e. The number of ether oxygens (including phenoxy) is 1. The lowest BCUT2D eigenvalue weighted by atomic mass is 9.98. The maximum Gasteiger partial charge on any atom is 0.324 e. The van der Waals surface area contributed by atoms with Crippen LogP contribution in [0.25, 0.3) is 0 Å². The van der Waals surface area contributed by atoms with Crippen molar-refractivity contribution in [2.24, 2.45) is 5.92 Å². The number of imide groups is 1. The first-order chi connectivity index (χ1) is 14.5. The lowest BCUT2D eigenvalue weighted by molar-refractivity contribution is -0.162. The largest absolute Gasteiger partial charge is 0.452 e. The van der Waals surface area contributed by atoms with E-state index in [0.29, 0.717) is 35.4 Å². The number of nitrogens with zero attached hydrogens (tertiary/aromatic N) is 2. The number of rotatable bonds is 5. The van der Waals surface area contributed by atoms with Crippen LogP contribution in [-0.2, 0) is 24.3 Å². The number of esters is 1. The number of sulfonamides is 1. The topological polar surface area (TPSA) is 113 Å². The van der Waals surface area contributed by atoms with Crippen molar-refractivity contribution in [1.82, 2.24) is 14.5 Å². The molecule has 3 amide bonds. The minimum absolute atomic E-state index is 0.200. The maximum absolute atomic E-state index is 13.2. The molecule has 2 aliphatic heterocycles. The molecule has 1 aromatic carbocycles. The molecular weight excluding hydrogens is 422 g/mol. The van der Waals surface area contributed by atoms with Gasteiger partial charge in [0.1, 0.15) is 0 Å². The second-order valence-electron chi connectivity index (χ2n) is 8.21. The molecule has 2 heterocycles. The molecule has 170 valence electrons. The number of piperidine rings is 1. The number of hydrogen-bond donors (Lipinski definition) is 1. The number of nitrogens with one attached hydrogen (secondary N) is 1. The van der Waals surface area contributed by atoms with Crippen LogP contribution in [0.4, 0.5) is 4.79 Å². The van der Waals surface area contributed by atoms with Crippen molar-refractivity contribution in [2.45, 2.75) is 51.5 Å². The summed E-state index contributed by atoms with van der Waals surface area (Å²) in [6.07, 6.45) is -0.448. The second-order valence-corrected chi connectivity index (χ2v) is 10.1. The van der Waals surface area contributed by atoms with Gasteiger partial charge in [0.05, 0.1) is 10.8 Å². The molecule has 0 spiro atoms. The fourth-order valence-corrected chi connectivity index (χ4v) is 6.14. The standard InChI is InChI=1S/C21H29N3O6S/c1-13-11-14(2)18(15(3)12-13)31(28,29)23-8-5-17(6-9-23)20(26)30-16(4)19(25)24-10-7-22-21(24)27/h11-12,16-17H,5-10H2,1-4H3,(H,22,27). The Hall–Kier alpha value is -2.46. The third-order valence-corrected chi connectivity index (χ3v) is 7.96. The summed E-state index contributed by atoms with van der Waals surface area (Å²) in [7, 11) is -3.67. The Morgan fingerprint density at radius 1 is 1.10 bits per heavy atom. The van der Waals surface area contributed by atoms with Crippen LogP contribution in [0, 0.1) is 26.7 Å². The van der Waals surface area contributed by atoms with Gasteiger partial charge in [-0.2, -0.15) is 4.31 Å². The van der Waals surface area contributed by atoms with Gasteiger partial charge in [-0.15, -0.1) is 0 Å². The molecule has 1 atom stereocenters. The zero-order valence-corrected chi connectivity index (χ0v) is 19.1. The summed E-state index contributed by atoms with van der Waals surface area (Å²) < 4.78 is 33.1. The van der Waals surface area contributed by atoms with Crippen molar-refractivity contribution in [3.63, 3.8) is 0 Å². The molecule has 0 aliphatic carbocycles. The first kappa shape index (κ1) is 23.2. The molecule has 1 aromatic rings. The minimum Gasteiger partial charge on any atom is -0.452 e. The molecule has 0 saturated carbocycles. The van der Waals surface area contributed by atoms with E-state index < -0.39 is 40.0 Å². The van der Waals surface area contributed by atoms with Gasteiger partial charge in [-0.05, 0) is 51.7 Å². The van der Waals surface area contributed by atoms with Gasteiger partial charge < -0.3 is 10.1 Å². The third-order valence-electron chi connectivity index (χ3n) is 5.75. The van der Waals surface area contributed by atoms with Gasteiger partial charge in [0.2, 0.25) is 10.0 Å². The van der Waals surface area contributed by atoms with E-state index in [1.165, 1.54) is 11.2 Å². The summed E-state index contributed by atoms with van der Waals surface area (Å²) in [6, 6.07) is 3.21. The molecule has 1 unspecified atom stereocenters. The van der Waals surface area contributed by atoms with Gasteiger partial charge in [-0.3, -0.25) is 14.5 Å². The highest BCUT2D eigenvalue weighted by Crippen LogP contribution is 2.29. The van der Waals surface area contributed by atoms with Gasteiger partial charge in [0, 0.05) is 26.2 Å². The van der Waals surface area contributed by atoms with Gasteiger partial charge in [0.25, 0.3) is 5.91 Å². The fourth-order valence-electron chi connectivity index (χ4n) is 4.26. The number of aryl methyl sites for hydroxylation is 3.